The third-order valence-corrected chi connectivity index (χ3v) is 22.9. The molecule has 0 aliphatic heterocycles. The van der Waals surface area contributed by atoms with E-state index in [-0.39, 0.29) is 0 Å². The van der Waals surface area contributed by atoms with Gasteiger partial charge in [-0.05, 0) is 92.9 Å². The molecule has 0 bridgehead atoms. The second-order valence-electron chi connectivity index (χ2n) is 11.3. The van der Waals surface area contributed by atoms with Crippen LogP contribution in [0.25, 0.3) is 0 Å². The molecule has 3 aromatic carbocycles. The quantitative estimate of drug-likeness (QED) is 0.253. The molecule has 0 aromatic heterocycles. The molecular weight excluding hydrogens is 477 g/mol. The Morgan fingerprint density at radius 2 is 0.771 bits per heavy atom. The molecule has 0 nitrogen and oxygen atoms in total. The molecule has 188 valence electrons. The molecule has 0 fully saturated rings. The van der Waals surface area contributed by atoms with E-state index in [2.05, 4.69) is 148 Å². The van der Waals surface area contributed by atoms with Gasteiger partial charge in [-0.25, -0.2) is 0 Å². The van der Waals surface area contributed by atoms with E-state index in [1.165, 1.54) is 5.30 Å². The van der Waals surface area contributed by atoms with E-state index >= 15 is 0 Å². The Morgan fingerprint density at radius 3 is 1.11 bits per heavy atom. The molecular formula is C32H47P3+2. The molecule has 0 N–H and O–H groups in total. The van der Waals surface area contributed by atoms with Crippen molar-refractivity contribution >= 4 is 49.0 Å². The van der Waals surface area contributed by atoms with Gasteiger partial charge in [-0.1, -0.05) is 54.6 Å². The summed E-state index contributed by atoms with van der Waals surface area (Å²) < 4.78 is 0. The number of benzene rings is 3. The van der Waals surface area contributed by atoms with Crippen LogP contribution >= 0.6 is 22.4 Å². The van der Waals surface area contributed by atoms with Gasteiger partial charge in [0.15, 0.2) is 0 Å². The predicted octanol–water partition coefficient (Wildman–Crippen LogP) is 7.62. The van der Waals surface area contributed by atoms with Crippen molar-refractivity contribution in [3.05, 3.63) is 78.9 Å². The highest BCUT2D eigenvalue weighted by Gasteiger charge is 2.47. The Hall–Kier alpha value is -1.05. The Labute approximate surface area is 218 Å². The van der Waals surface area contributed by atoms with Crippen molar-refractivity contribution in [2.45, 2.75) is 78.0 Å². The average molecular weight is 525 g/mol. The van der Waals surface area contributed by atoms with Crippen molar-refractivity contribution in [3.8, 4) is 0 Å². The summed E-state index contributed by atoms with van der Waals surface area (Å²) >= 11 is 0. The molecule has 0 amide bonds. The van der Waals surface area contributed by atoms with Gasteiger partial charge in [-0.2, -0.15) is 0 Å². The van der Waals surface area contributed by atoms with Gasteiger partial charge in [0.2, 0.25) is 0 Å². The second-order valence-corrected chi connectivity index (χ2v) is 23.2. The van der Waals surface area contributed by atoms with Crippen LogP contribution in [0.1, 0.15) is 55.4 Å². The molecule has 0 saturated heterocycles. The van der Waals surface area contributed by atoms with Crippen LogP contribution in [0.4, 0.5) is 0 Å². The maximum Gasteiger partial charge on any atom is 0.102 e. The highest BCUT2D eigenvalue weighted by Crippen LogP contribution is 2.64. The number of hydrogen-bond acceptors (Lipinski definition) is 0. The van der Waals surface area contributed by atoms with Crippen LogP contribution in [-0.4, -0.2) is 36.0 Å². The first-order chi connectivity index (χ1) is 16.5. The lowest BCUT2D eigenvalue weighted by Gasteiger charge is -2.36. The van der Waals surface area contributed by atoms with Gasteiger partial charge in [0, 0.05) is 25.1 Å². The van der Waals surface area contributed by atoms with Gasteiger partial charge < -0.3 is 0 Å². The fourth-order valence-corrected chi connectivity index (χ4v) is 16.2. The summed E-state index contributed by atoms with van der Waals surface area (Å²) in [6, 6.07) is 30.4. The van der Waals surface area contributed by atoms with Gasteiger partial charge in [-0.3, -0.25) is 0 Å². The van der Waals surface area contributed by atoms with Gasteiger partial charge in [-0.15, -0.1) is 0 Å². The topological polar surface area (TPSA) is 0 Å². The monoisotopic (exact) mass is 524 g/mol. The van der Waals surface area contributed by atoms with Crippen molar-refractivity contribution in [2.24, 2.45) is 0 Å². The van der Waals surface area contributed by atoms with Gasteiger partial charge in [0.05, 0.1) is 36.0 Å². The highest BCUT2D eigenvalue weighted by atomic mass is 31.2. The van der Waals surface area contributed by atoms with Crippen LogP contribution < -0.4 is 26.5 Å². The van der Waals surface area contributed by atoms with E-state index in [9.17, 15) is 0 Å². The first-order valence-electron chi connectivity index (χ1n) is 13.2. The minimum absolute atomic E-state index is 0.660. The summed E-state index contributed by atoms with van der Waals surface area (Å²) in [5.41, 5.74) is 2.65. The molecule has 0 aliphatic rings. The summed E-state index contributed by atoms with van der Waals surface area (Å²) in [5.74, 6) is 0. The third kappa shape index (κ3) is 5.33. The average Bonchev–Trinajstić information content (AvgIpc) is 2.84. The first kappa shape index (κ1) is 28.5. The summed E-state index contributed by atoms with van der Waals surface area (Å²) in [6.07, 6.45) is 0. The normalized spacial score (nSPS) is 13.0. The zero-order valence-corrected chi connectivity index (χ0v) is 26.3. The molecule has 3 heteroatoms. The van der Waals surface area contributed by atoms with Crippen LogP contribution in [-0.2, 0) is 0 Å². The van der Waals surface area contributed by atoms with Crippen molar-refractivity contribution in [2.75, 3.05) is 13.3 Å². The maximum absolute atomic E-state index is 2.60. The second kappa shape index (κ2) is 11.6. The van der Waals surface area contributed by atoms with Crippen LogP contribution in [0.15, 0.2) is 78.9 Å². The SMILES string of the molecule is CC(C)[P+](C)(c1ccccc1P(c1ccccc1)c1ccccc1[P+](C)(C(C)C)C(C)C)C(C)C. The standard InChI is InChI=1S/C32H47P3/c1-24(2)34(9,25(3)4)31-22-16-14-20-29(31)33(28-18-12-11-13-19-28)30-21-15-17-23-32(30)35(10,26(5)6)27(7)8/h11-27H,1-10H3/q+2. The summed E-state index contributed by atoms with van der Waals surface area (Å²) in [6.45, 7) is 24.8. The van der Waals surface area contributed by atoms with Crippen LogP contribution in [0, 0.1) is 0 Å². The molecule has 3 rings (SSSR count). The number of rotatable bonds is 9. The highest BCUT2D eigenvalue weighted by molar-refractivity contribution is 7.90. The Balaban J connectivity index is 2.41. The molecule has 0 aliphatic carbocycles. The molecule has 0 unspecified atom stereocenters. The van der Waals surface area contributed by atoms with Crippen molar-refractivity contribution in [1.29, 1.82) is 0 Å². The first-order valence-corrected chi connectivity index (χ1v) is 19.3. The lowest BCUT2D eigenvalue weighted by Crippen LogP contribution is -2.42. The molecule has 3 aromatic rings. The minimum Gasteiger partial charge on any atom is -0.0622 e. The molecule has 0 spiro atoms. The van der Waals surface area contributed by atoms with Crippen molar-refractivity contribution < 1.29 is 0 Å². The van der Waals surface area contributed by atoms with Crippen molar-refractivity contribution in [1.82, 2.24) is 0 Å². The zero-order chi connectivity index (χ0) is 26.0. The Kier molecular flexibility index (Phi) is 9.42. The van der Waals surface area contributed by atoms with E-state index in [1.54, 1.807) is 21.2 Å². The lowest BCUT2D eigenvalue weighted by atomic mass is 10.3. The van der Waals surface area contributed by atoms with Gasteiger partial charge in [0.25, 0.3) is 0 Å². The van der Waals surface area contributed by atoms with E-state index < -0.39 is 22.4 Å². The Morgan fingerprint density at radius 1 is 0.457 bits per heavy atom. The fourth-order valence-electron chi connectivity index (χ4n) is 5.41. The van der Waals surface area contributed by atoms with E-state index in [4.69, 9.17) is 0 Å². The molecule has 0 saturated carbocycles. The molecule has 0 heterocycles. The molecule has 0 atom stereocenters. The largest absolute Gasteiger partial charge is 0.102 e. The minimum atomic E-state index is -1.37. The van der Waals surface area contributed by atoms with E-state index in [1.807, 2.05) is 0 Å². The summed E-state index contributed by atoms with van der Waals surface area (Å²) in [5, 5.41) is 7.92. The molecule has 35 heavy (non-hydrogen) atoms. The van der Waals surface area contributed by atoms with Crippen LogP contribution in [0.3, 0.4) is 0 Å². The summed E-state index contributed by atoms with van der Waals surface area (Å²) in [7, 11) is -3.39. The van der Waals surface area contributed by atoms with E-state index in [0.717, 1.165) is 0 Å². The molecule has 0 radical (unpaired) electrons. The van der Waals surface area contributed by atoms with E-state index in [0.29, 0.717) is 22.6 Å². The van der Waals surface area contributed by atoms with Gasteiger partial charge >= 0.3 is 0 Å². The lowest BCUT2D eigenvalue weighted by molar-refractivity contribution is 0.999. The number of hydrogen-bond donors (Lipinski definition) is 0. The van der Waals surface area contributed by atoms with Gasteiger partial charge in [0.1, 0.15) is 10.6 Å². The zero-order valence-electron chi connectivity index (χ0n) is 23.7. The maximum atomic E-state index is 2.60. The smallest absolute Gasteiger partial charge is 0.0622 e. The van der Waals surface area contributed by atoms with Crippen molar-refractivity contribution in [3.63, 3.8) is 0 Å². The van der Waals surface area contributed by atoms with Crippen LogP contribution in [0.5, 0.6) is 0 Å². The third-order valence-electron chi connectivity index (χ3n) is 8.59. The van der Waals surface area contributed by atoms with Crippen LogP contribution in [0.2, 0.25) is 0 Å². The predicted molar refractivity (Wildman–Crippen MR) is 171 cm³/mol. The fraction of sp³-hybridized carbons (Fsp3) is 0.438. The Bertz CT molecular complexity index is 1010. The summed E-state index contributed by atoms with van der Waals surface area (Å²) in [4.78, 5) is 0.